The Morgan fingerprint density at radius 1 is 1.43 bits per heavy atom. The third-order valence-electron chi connectivity index (χ3n) is 4.36. The van der Waals surface area contributed by atoms with Crippen LogP contribution in [0.1, 0.15) is 19.0 Å². The van der Waals surface area contributed by atoms with E-state index in [4.69, 9.17) is 4.74 Å². The average Bonchev–Trinajstić information content (AvgIpc) is 3.01. The van der Waals surface area contributed by atoms with E-state index in [1.807, 2.05) is 19.1 Å². The van der Waals surface area contributed by atoms with Crippen molar-refractivity contribution in [1.82, 2.24) is 9.88 Å². The normalized spacial score (nSPS) is 21.8. The first kappa shape index (κ1) is 14.1. The zero-order chi connectivity index (χ0) is 14.8. The summed E-state index contributed by atoms with van der Waals surface area (Å²) in [5.41, 5.74) is 2.22. The first-order valence-corrected chi connectivity index (χ1v) is 7.58. The summed E-state index contributed by atoms with van der Waals surface area (Å²) in [6.07, 6.45) is 1.25. The van der Waals surface area contributed by atoms with E-state index in [1.165, 1.54) is 5.39 Å². The molecule has 1 aliphatic rings. The number of benzene rings is 1. The van der Waals surface area contributed by atoms with Crippen molar-refractivity contribution in [1.29, 1.82) is 0 Å². The molecule has 1 N–H and O–H groups in total. The molecular formula is C17H22N2O2. The van der Waals surface area contributed by atoms with Crippen LogP contribution in [0, 0.1) is 12.8 Å². The Morgan fingerprint density at radius 3 is 3.00 bits per heavy atom. The van der Waals surface area contributed by atoms with Gasteiger partial charge in [0.2, 0.25) is 5.91 Å². The zero-order valence-electron chi connectivity index (χ0n) is 12.6. The maximum Gasteiger partial charge on any atom is 0.240 e. The number of aryl methyl sites for hydroxylation is 1. The summed E-state index contributed by atoms with van der Waals surface area (Å²) in [7, 11) is 0. The highest BCUT2D eigenvalue weighted by atomic mass is 16.5. The van der Waals surface area contributed by atoms with Crippen molar-refractivity contribution in [3.63, 3.8) is 0 Å². The number of fused-ring (bicyclic) bond motifs is 1. The molecule has 4 heteroatoms. The fourth-order valence-electron chi connectivity index (χ4n) is 2.99. The van der Waals surface area contributed by atoms with Crippen molar-refractivity contribution in [3.8, 4) is 0 Å². The average molecular weight is 286 g/mol. The number of carbonyl (C=O) groups is 1. The van der Waals surface area contributed by atoms with Gasteiger partial charge in [0.15, 0.2) is 0 Å². The Morgan fingerprint density at radius 2 is 2.24 bits per heavy atom. The highest BCUT2D eigenvalue weighted by Crippen LogP contribution is 2.20. The molecule has 0 bridgehead atoms. The molecule has 3 rings (SSSR count). The van der Waals surface area contributed by atoms with Crippen molar-refractivity contribution >= 4 is 16.8 Å². The topological polar surface area (TPSA) is 43.3 Å². The highest BCUT2D eigenvalue weighted by Gasteiger charge is 2.24. The lowest BCUT2D eigenvalue weighted by molar-refractivity contribution is -0.122. The Hall–Kier alpha value is -1.81. The molecule has 1 saturated heterocycles. The fraction of sp³-hybridized carbons (Fsp3) is 0.471. The number of carbonyl (C=O) groups excluding carboxylic acids is 1. The first-order chi connectivity index (χ1) is 10.1. The van der Waals surface area contributed by atoms with Gasteiger partial charge in [-0.3, -0.25) is 4.79 Å². The predicted molar refractivity (Wildman–Crippen MR) is 83.2 cm³/mol. The highest BCUT2D eigenvalue weighted by molar-refractivity contribution is 5.84. The monoisotopic (exact) mass is 286 g/mol. The van der Waals surface area contributed by atoms with Crippen LogP contribution in [0.15, 0.2) is 30.3 Å². The molecule has 0 aliphatic carbocycles. The Kier molecular flexibility index (Phi) is 3.97. The molecule has 0 saturated carbocycles. The minimum Gasteiger partial charge on any atom is -0.376 e. The minimum absolute atomic E-state index is 0.0437. The molecule has 1 aromatic carbocycles. The Balaban J connectivity index is 1.65. The van der Waals surface area contributed by atoms with E-state index < -0.39 is 0 Å². The molecule has 1 aromatic heterocycles. The van der Waals surface area contributed by atoms with Crippen LogP contribution in [0.4, 0.5) is 0 Å². The van der Waals surface area contributed by atoms with Crippen LogP contribution < -0.4 is 5.32 Å². The van der Waals surface area contributed by atoms with E-state index >= 15 is 0 Å². The van der Waals surface area contributed by atoms with Crippen LogP contribution in [0.2, 0.25) is 0 Å². The second kappa shape index (κ2) is 5.90. The molecule has 1 aliphatic heterocycles. The summed E-state index contributed by atoms with van der Waals surface area (Å²) in [6.45, 7) is 5.99. The number of para-hydroxylation sites is 1. The number of nitrogens with one attached hydrogen (secondary N) is 1. The van der Waals surface area contributed by atoms with Gasteiger partial charge in [0.05, 0.1) is 6.10 Å². The zero-order valence-corrected chi connectivity index (χ0v) is 12.6. The number of aromatic nitrogens is 1. The van der Waals surface area contributed by atoms with Crippen LogP contribution in [0.3, 0.4) is 0 Å². The quantitative estimate of drug-likeness (QED) is 0.938. The Labute approximate surface area is 125 Å². The molecule has 0 radical (unpaired) electrons. The SMILES string of the molecule is Cc1cc2ccccc2n1CC(=O)NC[C@H]1OCC[C@H]1C. The number of hydrogen-bond acceptors (Lipinski definition) is 2. The van der Waals surface area contributed by atoms with Gasteiger partial charge < -0.3 is 14.6 Å². The number of amides is 1. The lowest BCUT2D eigenvalue weighted by Gasteiger charge is -2.16. The van der Waals surface area contributed by atoms with Crippen molar-refractivity contribution < 1.29 is 9.53 Å². The van der Waals surface area contributed by atoms with Gasteiger partial charge in [-0.1, -0.05) is 25.1 Å². The van der Waals surface area contributed by atoms with Crippen LogP contribution in [-0.2, 0) is 16.1 Å². The Bertz CT molecular complexity index is 647. The molecule has 1 amide bonds. The van der Waals surface area contributed by atoms with Gasteiger partial charge in [-0.2, -0.15) is 0 Å². The van der Waals surface area contributed by atoms with E-state index in [-0.39, 0.29) is 12.0 Å². The summed E-state index contributed by atoms with van der Waals surface area (Å²) in [5, 5.41) is 4.18. The molecule has 1 fully saturated rings. The molecule has 0 spiro atoms. The third-order valence-corrected chi connectivity index (χ3v) is 4.36. The summed E-state index contributed by atoms with van der Waals surface area (Å²) >= 11 is 0. The van der Waals surface area contributed by atoms with Crippen molar-refractivity contribution in [2.75, 3.05) is 13.2 Å². The number of nitrogens with zero attached hydrogens (tertiary/aromatic N) is 1. The van der Waals surface area contributed by atoms with E-state index in [2.05, 4.69) is 35.0 Å². The molecule has 4 nitrogen and oxygen atoms in total. The van der Waals surface area contributed by atoms with Crippen molar-refractivity contribution in [2.24, 2.45) is 5.92 Å². The van der Waals surface area contributed by atoms with Gasteiger partial charge in [-0.05, 0) is 36.8 Å². The van der Waals surface area contributed by atoms with Crippen LogP contribution in [0.25, 0.3) is 10.9 Å². The molecule has 21 heavy (non-hydrogen) atoms. The lowest BCUT2D eigenvalue weighted by atomic mass is 10.0. The van der Waals surface area contributed by atoms with E-state index in [1.54, 1.807) is 0 Å². The lowest BCUT2D eigenvalue weighted by Crippen LogP contribution is -2.36. The first-order valence-electron chi connectivity index (χ1n) is 7.58. The molecule has 112 valence electrons. The van der Waals surface area contributed by atoms with E-state index in [9.17, 15) is 4.79 Å². The number of rotatable bonds is 4. The summed E-state index contributed by atoms with van der Waals surface area (Å²) < 4.78 is 7.68. The van der Waals surface area contributed by atoms with Gasteiger partial charge in [-0.25, -0.2) is 0 Å². The second-order valence-electron chi connectivity index (χ2n) is 5.91. The largest absolute Gasteiger partial charge is 0.376 e. The second-order valence-corrected chi connectivity index (χ2v) is 5.91. The van der Waals surface area contributed by atoms with Crippen molar-refractivity contribution in [3.05, 3.63) is 36.0 Å². The maximum atomic E-state index is 12.2. The fourth-order valence-corrected chi connectivity index (χ4v) is 2.99. The van der Waals surface area contributed by atoms with Crippen LogP contribution in [-0.4, -0.2) is 29.7 Å². The van der Waals surface area contributed by atoms with E-state index in [0.717, 1.165) is 24.2 Å². The standard InChI is InChI=1S/C17H22N2O2/c1-12-7-8-21-16(12)10-18-17(20)11-19-13(2)9-14-5-3-4-6-15(14)19/h3-6,9,12,16H,7-8,10-11H2,1-2H3,(H,18,20)/t12-,16-/m1/s1. The van der Waals surface area contributed by atoms with Crippen molar-refractivity contribution in [2.45, 2.75) is 32.9 Å². The van der Waals surface area contributed by atoms with Gasteiger partial charge in [0.1, 0.15) is 6.54 Å². The molecule has 2 heterocycles. The molecule has 2 aromatic rings. The maximum absolute atomic E-state index is 12.2. The predicted octanol–water partition coefficient (Wildman–Crippen LogP) is 2.49. The molecule has 2 atom stereocenters. The third kappa shape index (κ3) is 2.95. The van der Waals surface area contributed by atoms with Gasteiger partial charge >= 0.3 is 0 Å². The van der Waals surface area contributed by atoms with Gasteiger partial charge in [0, 0.05) is 24.4 Å². The number of hydrogen-bond donors (Lipinski definition) is 1. The van der Waals surface area contributed by atoms with E-state index in [0.29, 0.717) is 19.0 Å². The number of ether oxygens (including phenoxy) is 1. The summed E-state index contributed by atoms with van der Waals surface area (Å²) in [6, 6.07) is 10.3. The van der Waals surface area contributed by atoms with Crippen LogP contribution >= 0.6 is 0 Å². The molecular weight excluding hydrogens is 264 g/mol. The minimum atomic E-state index is 0.0437. The van der Waals surface area contributed by atoms with Gasteiger partial charge in [0.25, 0.3) is 0 Å². The molecule has 0 unspecified atom stereocenters. The van der Waals surface area contributed by atoms with Crippen LogP contribution in [0.5, 0.6) is 0 Å². The van der Waals surface area contributed by atoms with Gasteiger partial charge in [-0.15, -0.1) is 0 Å². The smallest absolute Gasteiger partial charge is 0.240 e. The summed E-state index contributed by atoms with van der Waals surface area (Å²) in [5.74, 6) is 0.571. The summed E-state index contributed by atoms with van der Waals surface area (Å²) in [4.78, 5) is 12.2.